The number of likely N-dealkylation sites (tertiary alicyclic amines) is 1. The number of nitriles is 1. The number of benzene rings is 3. The first kappa shape index (κ1) is 28.8. The van der Waals surface area contributed by atoms with E-state index in [1.807, 2.05) is 25.1 Å². The van der Waals surface area contributed by atoms with Gasteiger partial charge in [0.1, 0.15) is 24.2 Å². The molecular weight excluding hydrogens is 570 g/mol. The minimum Gasteiger partial charge on any atom is -0.491 e. The van der Waals surface area contributed by atoms with E-state index in [-0.39, 0.29) is 57.5 Å². The van der Waals surface area contributed by atoms with Gasteiger partial charge in [-0.15, -0.1) is 10.2 Å². The molecule has 0 unspecified atom stereocenters. The van der Waals surface area contributed by atoms with Crippen LogP contribution in [0.2, 0.25) is 10.0 Å². The van der Waals surface area contributed by atoms with Gasteiger partial charge >= 0.3 is 0 Å². The number of hydrogen-bond acceptors (Lipinski definition) is 8. The number of hydrogen-bond donors (Lipinski definition) is 1. The lowest BCUT2D eigenvalue weighted by molar-refractivity contribution is 0.0758. The molecule has 0 radical (unpaired) electrons. The highest BCUT2D eigenvalue weighted by Crippen LogP contribution is 2.36. The number of aromatic nitrogens is 2. The molecule has 0 spiro atoms. The molecule has 8 nitrogen and oxygen atoms in total. The van der Waals surface area contributed by atoms with Crippen LogP contribution in [0.4, 0.5) is 4.39 Å². The van der Waals surface area contributed by atoms with Crippen LogP contribution in [-0.2, 0) is 6.42 Å². The van der Waals surface area contributed by atoms with Crippen LogP contribution in [0.5, 0.6) is 17.2 Å². The van der Waals surface area contributed by atoms with Gasteiger partial charge in [-0.1, -0.05) is 29.3 Å². The van der Waals surface area contributed by atoms with E-state index in [1.165, 1.54) is 43.2 Å². The van der Waals surface area contributed by atoms with E-state index in [9.17, 15) is 5.11 Å². The molecular formula is C30H27Cl2FN4O4. The van der Waals surface area contributed by atoms with Crippen LogP contribution in [0, 0.1) is 24.1 Å². The maximum atomic E-state index is 15.4. The maximum absolute atomic E-state index is 15.4. The van der Waals surface area contributed by atoms with Crippen LogP contribution in [0.3, 0.4) is 0 Å². The molecule has 3 aromatic carbocycles. The second-order valence-electron chi connectivity index (χ2n) is 9.87. The molecule has 0 bridgehead atoms. The Bertz CT molecular complexity index is 1580. The largest absolute Gasteiger partial charge is 0.491 e. The number of aliphatic hydroxyl groups excluding tert-OH is 1. The lowest BCUT2D eigenvalue weighted by atomic mass is 10.1. The Kier molecular flexibility index (Phi) is 9.06. The van der Waals surface area contributed by atoms with Crippen LogP contribution in [0.15, 0.2) is 52.9 Å². The van der Waals surface area contributed by atoms with Crippen molar-refractivity contribution < 1.29 is 23.4 Å². The van der Waals surface area contributed by atoms with Crippen LogP contribution < -0.4 is 9.47 Å². The Labute approximate surface area is 246 Å². The highest BCUT2D eigenvalue weighted by molar-refractivity contribution is 6.32. The van der Waals surface area contributed by atoms with Gasteiger partial charge < -0.3 is 23.9 Å². The summed E-state index contributed by atoms with van der Waals surface area (Å²) in [6.07, 6.45) is 1.78. The smallest absolute Gasteiger partial charge is 0.248 e. The van der Waals surface area contributed by atoms with Crippen LogP contribution in [0.1, 0.15) is 35.4 Å². The predicted molar refractivity (Wildman–Crippen MR) is 152 cm³/mol. The average Bonchev–Trinajstić information content (AvgIpc) is 3.63. The number of β-amino-alcohol motifs (C(OH)–C–C–N with tert-alkyl or cyclic N) is 1. The molecule has 212 valence electrons. The van der Waals surface area contributed by atoms with Gasteiger partial charge in [0.05, 0.1) is 23.1 Å². The molecule has 1 N–H and O–H groups in total. The summed E-state index contributed by atoms with van der Waals surface area (Å²) in [7, 11) is 0. The molecule has 1 saturated heterocycles. The quantitative estimate of drug-likeness (QED) is 0.219. The summed E-state index contributed by atoms with van der Waals surface area (Å²) in [5, 5.41) is 28.0. The average molecular weight is 597 g/mol. The first-order chi connectivity index (χ1) is 19.8. The molecule has 41 heavy (non-hydrogen) atoms. The Hall–Kier alpha value is -3.68. The summed E-state index contributed by atoms with van der Waals surface area (Å²) in [6, 6.07) is 14.8. The molecule has 1 aliphatic rings. The lowest BCUT2D eigenvalue weighted by Gasteiger charge is -2.19. The zero-order chi connectivity index (χ0) is 28.9. The summed E-state index contributed by atoms with van der Waals surface area (Å²) < 4.78 is 32.8. The third kappa shape index (κ3) is 7.16. The number of halogens is 3. The van der Waals surface area contributed by atoms with Gasteiger partial charge in [0.25, 0.3) is 0 Å². The molecule has 0 saturated carbocycles. The molecule has 0 amide bonds. The van der Waals surface area contributed by atoms with Crippen LogP contribution in [-0.4, -0.2) is 52.5 Å². The summed E-state index contributed by atoms with van der Waals surface area (Å²) >= 11 is 12.3. The monoisotopic (exact) mass is 596 g/mol. The van der Waals surface area contributed by atoms with Gasteiger partial charge in [-0.3, -0.25) is 0 Å². The third-order valence-corrected chi connectivity index (χ3v) is 7.21. The number of rotatable bonds is 10. The Morgan fingerprint density at radius 3 is 2.66 bits per heavy atom. The summed E-state index contributed by atoms with van der Waals surface area (Å²) in [4.78, 5) is 2.24. The molecule has 1 aliphatic heterocycles. The fourth-order valence-corrected chi connectivity index (χ4v) is 5.09. The molecule has 2 heterocycles. The molecule has 1 fully saturated rings. The molecule has 4 aromatic rings. The van der Waals surface area contributed by atoms with Crippen molar-refractivity contribution in [2.24, 2.45) is 0 Å². The molecule has 1 aromatic heterocycles. The Morgan fingerprint density at radius 2 is 1.90 bits per heavy atom. The number of aryl methyl sites for hydroxylation is 1. The van der Waals surface area contributed by atoms with E-state index < -0.39 is 11.9 Å². The van der Waals surface area contributed by atoms with Crippen molar-refractivity contribution in [3.63, 3.8) is 0 Å². The van der Waals surface area contributed by atoms with Gasteiger partial charge in [-0.25, -0.2) is 4.39 Å². The predicted octanol–water partition coefficient (Wildman–Crippen LogP) is 6.58. The first-order valence-electron chi connectivity index (χ1n) is 13.1. The highest BCUT2D eigenvalue weighted by Gasteiger charge is 2.20. The highest BCUT2D eigenvalue weighted by atomic mass is 35.5. The van der Waals surface area contributed by atoms with Crippen molar-refractivity contribution in [2.75, 3.05) is 26.2 Å². The van der Waals surface area contributed by atoms with Crippen LogP contribution >= 0.6 is 23.2 Å². The minimum absolute atomic E-state index is 0.000498. The van der Waals surface area contributed by atoms with Crippen molar-refractivity contribution in [1.82, 2.24) is 15.1 Å². The SMILES string of the molecule is Cc1cc(OC[C@H](O)CN2CCCC2)ccc1-c1nnc(Cc2ccc(Cl)c(Oc3cc(Cl)cc(C#N)c3)c2F)o1. The number of aliphatic hydroxyl groups is 1. The van der Waals surface area contributed by atoms with Crippen molar-refractivity contribution in [3.05, 3.63) is 87.0 Å². The van der Waals surface area contributed by atoms with Crippen molar-refractivity contribution in [1.29, 1.82) is 5.26 Å². The molecule has 11 heteroatoms. The Balaban J connectivity index is 1.26. The van der Waals surface area contributed by atoms with Gasteiger partial charge in [0.15, 0.2) is 11.6 Å². The second-order valence-corrected chi connectivity index (χ2v) is 10.7. The second kappa shape index (κ2) is 12.9. The summed E-state index contributed by atoms with van der Waals surface area (Å²) in [5.41, 5.74) is 2.06. The molecule has 1 atom stereocenters. The first-order valence-corrected chi connectivity index (χ1v) is 13.9. The summed E-state index contributed by atoms with van der Waals surface area (Å²) in [5.74, 6) is 0.394. The minimum atomic E-state index is -0.694. The van der Waals surface area contributed by atoms with E-state index in [0.29, 0.717) is 17.9 Å². The van der Waals surface area contributed by atoms with Gasteiger partial charge in [0.2, 0.25) is 11.8 Å². The van der Waals surface area contributed by atoms with Crippen molar-refractivity contribution >= 4 is 23.2 Å². The zero-order valence-corrected chi connectivity index (χ0v) is 23.8. The standard InChI is InChI=1S/C30H27Cl2FN4O4/c1-18-10-23(39-17-22(38)16-37-8-2-3-9-37)5-6-25(18)30-36-35-27(41-30)13-20-4-7-26(32)29(28(20)33)40-24-12-19(15-34)11-21(31)14-24/h4-7,10-12,14,22,38H,2-3,8-9,13,16-17H2,1H3/t22-/m1/s1. The molecule has 5 rings (SSSR count). The van der Waals surface area contributed by atoms with Crippen LogP contribution in [0.25, 0.3) is 11.5 Å². The number of nitrogens with zero attached hydrogens (tertiary/aromatic N) is 4. The lowest BCUT2D eigenvalue weighted by Crippen LogP contribution is -2.33. The van der Waals surface area contributed by atoms with E-state index >= 15 is 4.39 Å². The van der Waals surface area contributed by atoms with Crippen molar-refractivity contribution in [3.8, 4) is 34.8 Å². The van der Waals surface area contributed by atoms with E-state index in [4.69, 9.17) is 42.4 Å². The van der Waals surface area contributed by atoms with Gasteiger partial charge in [0, 0.05) is 22.7 Å². The zero-order valence-electron chi connectivity index (χ0n) is 22.2. The third-order valence-electron chi connectivity index (χ3n) is 6.70. The topological polar surface area (TPSA) is 105 Å². The maximum Gasteiger partial charge on any atom is 0.248 e. The van der Waals surface area contributed by atoms with E-state index in [1.54, 1.807) is 6.07 Å². The summed E-state index contributed by atoms with van der Waals surface area (Å²) in [6.45, 7) is 4.73. The van der Waals surface area contributed by atoms with Gasteiger partial charge in [-0.05, 0) is 80.9 Å². The molecule has 0 aliphatic carbocycles. The van der Waals surface area contributed by atoms with E-state index in [2.05, 4.69) is 15.1 Å². The van der Waals surface area contributed by atoms with Gasteiger partial charge in [-0.2, -0.15) is 5.26 Å². The fourth-order valence-electron chi connectivity index (χ4n) is 4.68. The normalized spacial score (nSPS) is 14.1. The van der Waals surface area contributed by atoms with Crippen molar-refractivity contribution in [2.45, 2.75) is 32.3 Å². The Morgan fingerprint density at radius 1 is 1.10 bits per heavy atom. The number of ether oxygens (including phenoxy) is 2. The van der Waals surface area contributed by atoms with E-state index in [0.717, 1.165) is 18.7 Å². The fraction of sp³-hybridized carbons (Fsp3) is 0.300.